The molecule has 7 nitrogen and oxygen atoms in total. The van der Waals surface area contributed by atoms with E-state index in [0.29, 0.717) is 28.7 Å². The molecule has 27 heavy (non-hydrogen) atoms. The molecule has 0 aliphatic heterocycles. The minimum Gasteiger partial charge on any atom is -0.497 e. The van der Waals surface area contributed by atoms with Crippen LogP contribution in [-0.4, -0.2) is 30.3 Å². The number of anilines is 3. The summed E-state index contributed by atoms with van der Waals surface area (Å²) in [5, 5.41) is 13.6. The first-order valence-corrected chi connectivity index (χ1v) is 7.99. The second kappa shape index (κ2) is 8.13. The summed E-state index contributed by atoms with van der Waals surface area (Å²) in [6, 6.07) is 13.9. The minimum atomic E-state index is -0.442. The van der Waals surface area contributed by atoms with Crippen molar-refractivity contribution in [3.05, 3.63) is 66.1 Å². The molecule has 0 bridgehead atoms. The van der Waals surface area contributed by atoms with Crippen molar-refractivity contribution in [2.45, 2.75) is 0 Å². The van der Waals surface area contributed by atoms with E-state index in [9.17, 15) is 9.18 Å². The third-order valence-corrected chi connectivity index (χ3v) is 3.67. The van der Waals surface area contributed by atoms with E-state index in [4.69, 9.17) is 9.47 Å². The Morgan fingerprint density at radius 3 is 2.37 bits per heavy atom. The quantitative estimate of drug-likeness (QED) is 0.691. The maximum atomic E-state index is 12.9. The van der Waals surface area contributed by atoms with Gasteiger partial charge in [-0.25, -0.2) is 4.39 Å². The van der Waals surface area contributed by atoms with Crippen LogP contribution in [-0.2, 0) is 0 Å². The maximum absolute atomic E-state index is 12.9. The molecule has 3 aromatic rings. The van der Waals surface area contributed by atoms with E-state index in [0.717, 1.165) is 0 Å². The van der Waals surface area contributed by atoms with Crippen molar-refractivity contribution in [3.63, 3.8) is 0 Å². The number of amides is 1. The zero-order valence-electron chi connectivity index (χ0n) is 14.7. The smallest absolute Gasteiger partial charge is 0.276 e. The molecule has 2 aromatic carbocycles. The first-order chi connectivity index (χ1) is 13.1. The number of carbonyl (C=O) groups excluding carboxylic acids is 1. The van der Waals surface area contributed by atoms with Crippen molar-refractivity contribution in [2.75, 3.05) is 24.9 Å². The average Bonchev–Trinajstić information content (AvgIpc) is 2.70. The fourth-order valence-corrected chi connectivity index (χ4v) is 2.29. The number of carbonyl (C=O) groups is 1. The Labute approximate surface area is 155 Å². The van der Waals surface area contributed by atoms with Crippen molar-refractivity contribution < 1.29 is 18.7 Å². The number of ether oxygens (including phenoxy) is 2. The number of benzene rings is 2. The van der Waals surface area contributed by atoms with Gasteiger partial charge in [0.2, 0.25) is 0 Å². The van der Waals surface area contributed by atoms with Gasteiger partial charge in [0.15, 0.2) is 11.5 Å². The van der Waals surface area contributed by atoms with Crippen LogP contribution in [0.25, 0.3) is 0 Å². The molecule has 3 rings (SSSR count). The number of hydrogen-bond donors (Lipinski definition) is 2. The molecule has 0 saturated carbocycles. The monoisotopic (exact) mass is 368 g/mol. The highest BCUT2D eigenvalue weighted by molar-refractivity contribution is 6.02. The van der Waals surface area contributed by atoms with Crippen molar-refractivity contribution in [3.8, 4) is 11.5 Å². The van der Waals surface area contributed by atoms with E-state index in [2.05, 4.69) is 20.8 Å². The summed E-state index contributed by atoms with van der Waals surface area (Å²) in [5.74, 6) is 0.863. The van der Waals surface area contributed by atoms with Crippen LogP contribution in [0.4, 0.5) is 21.6 Å². The molecule has 0 aliphatic carbocycles. The number of rotatable bonds is 6. The standard InChI is InChI=1S/C19H17FN4O3/c1-26-14-7-8-15(17(11-14)27-2)22-18-10-9-16(23-24-18)19(25)21-13-5-3-12(20)4-6-13/h3-11H,1-2H3,(H,21,25)(H,22,24). The Balaban J connectivity index is 1.70. The Bertz CT molecular complexity index is 931. The molecule has 0 atom stereocenters. The van der Waals surface area contributed by atoms with Gasteiger partial charge in [-0.15, -0.1) is 10.2 Å². The molecule has 0 unspecified atom stereocenters. The van der Waals surface area contributed by atoms with Gasteiger partial charge in [0.1, 0.15) is 17.3 Å². The second-order valence-electron chi connectivity index (χ2n) is 5.46. The number of nitrogens with one attached hydrogen (secondary N) is 2. The highest BCUT2D eigenvalue weighted by Crippen LogP contribution is 2.30. The van der Waals surface area contributed by atoms with Gasteiger partial charge in [0, 0.05) is 11.8 Å². The zero-order valence-corrected chi connectivity index (χ0v) is 14.7. The lowest BCUT2D eigenvalue weighted by atomic mass is 10.2. The topological polar surface area (TPSA) is 85.4 Å². The summed E-state index contributed by atoms with van der Waals surface area (Å²) < 4.78 is 23.4. The molecular formula is C19H17FN4O3. The molecule has 0 radical (unpaired) electrons. The van der Waals surface area contributed by atoms with Gasteiger partial charge in [0.25, 0.3) is 5.91 Å². The summed E-state index contributed by atoms with van der Waals surface area (Å²) in [7, 11) is 3.12. The third-order valence-electron chi connectivity index (χ3n) is 3.67. The zero-order chi connectivity index (χ0) is 19.2. The molecule has 8 heteroatoms. The lowest BCUT2D eigenvalue weighted by Gasteiger charge is -2.11. The van der Waals surface area contributed by atoms with E-state index >= 15 is 0 Å². The largest absolute Gasteiger partial charge is 0.497 e. The van der Waals surface area contributed by atoms with E-state index in [-0.39, 0.29) is 11.5 Å². The van der Waals surface area contributed by atoms with Gasteiger partial charge in [0.05, 0.1) is 19.9 Å². The SMILES string of the molecule is COc1ccc(Nc2ccc(C(=O)Nc3ccc(F)cc3)nn2)c(OC)c1. The fraction of sp³-hybridized carbons (Fsp3) is 0.105. The first-order valence-electron chi connectivity index (χ1n) is 7.99. The van der Waals surface area contributed by atoms with Crippen LogP contribution in [0.15, 0.2) is 54.6 Å². The van der Waals surface area contributed by atoms with Gasteiger partial charge in [-0.2, -0.15) is 0 Å². The number of halogens is 1. The Morgan fingerprint density at radius 2 is 1.74 bits per heavy atom. The third kappa shape index (κ3) is 4.49. The minimum absolute atomic E-state index is 0.131. The average molecular weight is 368 g/mol. The Hall–Kier alpha value is -3.68. The number of aromatic nitrogens is 2. The molecule has 138 valence electrons. The van der Waals surface area contributed by atoms with Crippen molar-refractivity contribution in [1.82, 2.24) is 10.2 Å². The van der Waals surface area contributed by atoms with E-state index in [1.807, 2.05) is 0 Å². The summed E-state index contributed by atoms with van der Waals surface area (Å²) in [6.07, 6.45) is 0. The molecule has 1 heterocycles. The van der Waals surface area contributed by atoms with Gasteiger partial charge < -0.3 is 20.1 Å². The lowest BCUT2D eigenvalue weighted by molar-refractivity contribution is 0.102. The van der Waals surface area contributed by atoms with Crippen LogP contribution in [0.5, 0.6) is 11.5 Å². The molecule has 1 aromatic heterocycles. The predicted octanol–water partition coefficient (Wildman–Crippen LogP) is 3.63. The normalized spacial score (nSPS) is 10.2. The fourth-order valence-electron chi connectivity index (χ4n) is 2.29. The summed E-state index contributed by atoms with van der Waals surface area (Å²) in [4.78, 5) is 12.2. The van der Waals surface area contributed by atoms with Crippen LogP contribution < -0.4 is 20.1 Å². The van der Waals surface area contributed by atoms with E-state index in [1.165, 1.54) is 30.3 Å². The maximum Gasteiger partial charge on any atom is 0.276 e. The molecule has 0 spiro atoms. The summed E-state index contributed by atoms with van der Waals surface area (Å²) in [5.41, 5.74) is 1.27. The summed E-state index contributed by atoms with van der Waals surface area (Å²) >= 11 is 0. The molecule has 2 N–H and O–H groups in total. The lowest BCUT2D eigenvalue weighted by Crippen LogP contribution is -2.14. The highest BCUT2D eigenvalue weighted by Gasteiger charge is 2.10. The van der Waals surface area contributed by atoms with Crippen LogP contribution >= 0.6 is 0 Å². The Morgan fingerprint density at radius 1 is 0.963 bits per heavy atom. The van der Waals surface area contributed by atoms with E-state index < -0.39 is 5.91 Å². The number of nitrogens with zero attached hydrogens (tertiary/aromatic N) is 2. The van der Waals surface area contributed by atoms with Gasteiger partial charge >= 0.3 is 0 Å². The van der Waals surface area contributed by atoms with Crippen LogP contribution in [0.2, 0.25) is 0 Å². The highest BCUT2D eigenvalue weighted by atomic mass is 19.1. The van der Waals surface area contributed by atoms with Crippen LogP contribution in [0.1, 0.15) is 10.5 Å². The molecule has 0 saturated heterocycles. The van der Waals surface area contributed by atoms with E-state index in [1.54, 1.807) is 38.5 Å². The van der Waals surface area contributed by atoms with Crippen LogP contribution in [0, 0.1) is 5.82 Å². The Kier molecular flexibility index (Phi) is 5.46. The van der Waals surface area contributed by atoms with Gasteiger partial charge in [-0.3, -0.25) is 4.79 Å². The number of hydrogen-bond acceptors (Lipinski definition) is 6. The van der Waals surface area contributed by atoms with Gasteiger partial charge in [-0.1, -0.05) is 0 Å². The van der Waals surface area contributed by atoms with Crippen molar-refractivity contribution in [1.29, 1.82) is 0 Å². The summed E-state index contributed by atoms with van der Waals surface area (Å²) in [6.45, 7) is 0. The molecule has 1 amide bonds. The predicted molar refractivity (Wildman–Crippen MR) is 99.2 cm³/mol. The number of methoxy groups -OCH3 is 2. The second-order valence-corrected chi connectivity index (χ2v) is 5.46. The first kappa shape index (κ1) is 18.1. The molecule has 0 fully saturated rings. The molecular weight excluding hydrogens is 351 g/mol. The van der Waals surface area contributed by atoms with Gasteiger partial charge in [-0.05, 0) is 48.5 Å². The van der Waals surface area contributed by atoms with Crippen LogP contribution in [0.3, 0.4) is 0 Å². The van der Waals surface area contributed by atoms with Crippen molar-refractivity contribution >= 4 is 23.1 Å². The van der Waals surface area contributed by atoms with Crippen molar-refractivity contribution in [2.24, 2.45) is 0 Å². The molecule has 0 aliphatic rings.